The lowest BCUT2D eigenvalue weighted by Gasteiger charge is -2.27. The lowest BCUT2D eigenvalue weighted by atomic mass is 9.89. The zero-order chi connectivity index (χ0) is 12.3. The van der Waals surface area contributed by atoms with Crippen molar-refractivity contribution in [3.63, 3.8) is 0 Å². The van der Waals surface area contributed by atoms with Crippen LogP contribution >= 0.6 is 0 Å². The van der Waals surface area contributed by atoms with E-state index in [9.17, 15) is 0 Å². The zero-order valence-corrected chi connectivity index (χ0v) is 10.6. The van der Waals surface area contributed by atoms with Gasteiger partial charge < -0.3 is 9.84 Å². The molecule has 1 N–H and O–H groups in total. The fraction of sp³-hybridized carbons (Fsp3) is 0.643. The summed E-state index contributed by atoms with van der Waals surface area (Å²) in [5, 5.41) is 9.15. The highest BCUT2D eigenvalue weighted by molar-refractivity contribution is 5.24. The molecule has 0 radical (unpaired) electrons. The molecule has 2 atom stereocenters. The summed E-state index contributed by atoms with van der Waals surface area (Å²) in [6.45, 7) is 4.24. The minimum atomic E-state index is 0.0424. The molecule has 3 heteroatoms. The van der Waals surface area contributed by atoms with Crippen molar-refractivity contribution in [2.24, 2.45) is 5.92 Å². The Bertz CT molecular complexity index is 378. The van der Waals surface area contributed by atoms with Crippen molar-refractivity contribution in [1.82, 2.24) is 4.98 Å². The summed E-state index contributed by atoms with van der Waals surface area (Å²) in [5.74, 6) is 1.41. The predicted molar refractivity (Wildman–Crippen MR) is 66.9 cm³/mol. The number of aryl methyl sites for hydroxylation is 1. The molecule has 1 aliphatic carbocycles. The molecule has 0 amide bonds. The van der Waals surface area contributed by atoms with Gasteiger partial charge in [0.05, 0.1) is 6.61 Å². The Hall–Kier alpha value is -1.09. The maximum atomic E-state index is 9.15. The smallest absolute Gasteiger partial charge is 0.214 e. The summed E-state index contributed by atoms with van der Waals surface area (Å²) < 4.78 is 5.93. The molecule has 0 aliphatic heterocycles. The van der Waals surface area contributed by atoms with E-state index >= 15 is 0 Å². The van der Waals surface area contributed by atoms with Gasteiger partial charge in [-0.2, -0.15) is 0 Å². The summed E-state index contributed by atoms with van der Waals surface area (Å²) in [5.41, 5.74) is 1.77. The third kappa shape index (κ3) is 3.43. The summed E-state index contributed by atoms with van der Waals surface area (Å²) in [6.07, 6.45) is 5.08. The quantitative estimate of drug-likeness (QED) is 0.876. The first-order valence-electron chi connectivity index (χ1n) is 6.42. The minimum absolute atomic E-state index is 0.0424. The lowest BCUT2D eigenvalue weighted by molar-refractivity contribution is 0.123. The molecule has 2 rings (SSSR count). The van der Waals surface area contributed by atoms with Gasteiger partial charge in [0, 0.05) is 11.8 Å². The van der Waals surface area contributed by atoms with Gasteiger partial charge in [0.1, 0.15) is 6.10 Å². The van der Waals surface area contributed by atoms with Crippen LogP contribution in [0.15, 0.2) is 12.1 Å². The normalized spacial score (nSPS) is 24.6. The van der Waals surface area contributed by atoms with Gasteiger partial charge in [-0.1, -0.05) is 13.3 Å². The molecule has 94 valence electrons. The highest BCUT2D eigenvalue weighted by Crippen LogP contribution is 2.27. The number of nitrogens with zero attached hydrogens (tertiary/aromatic N) is 1. The van der Waals surface area contributed by atoms with E-state index in [0.29, 0.717) is 12.0 Å². The van der Waals surface area contributed by atoms with Gasteiger partial charge >= 0.3 is 0 Å². The maximum absolute atomic E-state index is 9.15. The van der Waals surface area contributed by atoms with Crippen molar-refractivity contribution in [2.75, 3.05) is 0 Å². The van der Waals surface area contributed by atoms with Crippen molar-refractivity contribution in [2.45, 2.75) is 52.2 Å². The second-order valence-corrected chi connectivity index (χ2v) is 5.12. The summed E-state index contributed by atoms with van der Waals surface area (Å²) >= 11 is 0. The van der Waals surface area contributed by atoms with Gasteiger partial charge in [-0.3, -0.25) is 0 Å². The van der Waals surface area contributed by atoms with Crippen LogP contribution in [0.5, 0.6) is 5.88 Å². The summed E-state index contributed by atoms with van der Waals surface area (Å²) in [7, 11) is 0. The maximum Gasteiger partial charge on any atom is 0.214 e. The number of aliphatic hydroxyl groups excluding tert-OH is 1. The average molecular weight is 235 g/mol. The molecule has 1 fully saturated rings. The Labute approximate surface area is 103 Å². The van der Waals surface area contributed by atoms with Crippen molar-refractivity contribution >= 4 is 0 Å². The Balaban J connectivity index is 2.04. The first-order valence-corrected chi connectivity index (χ1v) is 6.42. The Morgan fingerprint density at radius 1 is 1.41 bits per heavy atom. The van der Waals surface area contributed by atoms with E-state index < -0.39 is 0 Å². The number of aliphatic hydroxyl groups is 1. The molecule has 0 saturated heterocycles. The van der Waals surface area contributed by atoms with Crippen LogP contribution < -0.4 is 4.74 Å². The molecular weight excluding hydrogens is 214 g/mol. The first-order chi connectivity index (χ1) is 8.17. The minimum Gasteiger partial charge on any atom is -0.474 e. The van der Waals surface area contributed by atoms with Crippen LogP contribution in [-0.4, -0.2) is 16.2 Å². The summed E-state index contributed by atoms with van der Waals surface area (Å²) in [4.78, 5) is 4.37. The molecule has 1 aromatic rings. The number of ether oxygens (including phenoxy) is 1. The largest absolute Gasteiger partial charge is 0.474 e. The standard InChI is InChI=1S/C14H21NO2/c1-10-4-3-5-13(6-10)17-14-8-12(9-16)7-11(2)15-14/h7-8,10,13,16H,3-6,9H2,1-2H3. The number of hydrogen-bond donors (Lipinski definition) is 1. The van der Waals surface area contributed by atoms with Crippen LogP contribution in [0.3, 0.4) is 0 Å². The van der Waals surface area contributed by atoms with Gasteiger partial charge in [0.2, 0.25) is 5.88 Å². The molecule has 2 unspecified atom stereocenters. The highest BCUT2D eigenvalue weighted by Gasteiger charge is 2.20. The Morgan fingerprint density at radius 2 is 2.24 bits per heavy atom. The van der Waals surface area contributed by atoms with Crippen molar-refractivity contribution in [3.05, 3.63) is 23.4 Å². The van der Waals surface area contributed by atoms with E-state index in [1.165, 1.54) is 12.8 Å². The highest BCUT2D eigenvalue weighted by atomic mass is 16.5. The third-order valence-electron chi connectivity index (χ3n) is 3.35. The third-order valence-corrected chi connectivity index (χ3v) is 3.35. The Morgan fingerprint density at radius 3 is 2.94 bits per heavy atom. The molecular formula is C14H21NO2. The van der Waals surface area contributed by atoms with E-state index in [1.54, 1.807) is 0 Å². The molecule has 0 spiro atoms. The van der Waals surface area contributed by atoms with Crippen LogP contribution in [0, 0.1) is 12.8 Å². The topological polar surface area (TPSA) is 42.4 Å². The SMILES string of the molecule is Cc1cc(CO)cc(OC2CCCC(C)C2)n1. The van der Waals surface area contributed by atoms with E-state index in [2.05, 4.69) is 11.9 Å². The van der Waals surface area contributed by atoms with Gasteiger partial charge in [-0.05, 0) is 43.7 Å². The number of aromatic nitrogens is 1. The molecule has 1 saturated carbocycles. The second-order valence-electron chi connectivity index (χ2n) is 5.12. The van der Waals surface area contributed by atoms with E-state index in [-0.39, 0.29) is 6.61 Å². The predicted octanol–water partition coefficient (Wildman–Crippen LogP) is 2.84. The second kappa shape index (κ2) is 5.50. The van der Waals surface area contributed by atoms with Crippen molar-refractivity contribution in [3.8, 4) is 5.88 Å². The number of rotatable bonds is 3. The summed E-state index contributed by atoms with van der Waals surface area (Å²) in [6, 6.07) is 3.72. The van der Waals surface area contributed by atoms with Gasteiger partial charge in [-0.25, -0.2) is 4.98 Å². The van der Waals surface area contributed by atoms with Crippen LogP contribution in [0.25, 0.3) is 0 Å². The van der Waals surface area contributed by atoms with Gasteiger partial charge in [0.15, 0.2) is 0 Å². The van der Waals surface area contributed by atoms with Crippen molar-refractivity contribution < 1.29 is 9.84 Å². The monoisotopic (exact) mass is 235 g/mol. The average Bonchev–Trinajstić information content (AvgIpc) is 2.28. The fourth-order valence-electron chi connectivity index (χ4n) is 2.51. The molecule has 1 aliphatic rings. The van der Waals surface area contributed by atoms with Crippen LogP contribution in [0.1, 0.15) is 43.9 Å². The number of hydrogen-bond acceptors (Lipinski definition) is 3. The molecule has 17 heavy (non-hydrogen) atoms. The first kappa shape index (κ1) is 12.4. The van der Waals surface area contributed by atoms with Crippen LogP contribution in [0.2, 0.25) is 0 Å². The van der Waals surface area contributed by atoms with Crippen molar-refractivity contribution in [1.29, 1.82) is 0 Å². The fourth-order valence-corrected chi connectivity index (χ4v) is 2.51. The lowest BCUT2D eigenvalue weighted by Crippen LogP contribution is -2.24. The van der Waals surface area contributed by atoms with Crippen LogP contribution in [0.4, 0.5) is 0 Å². The van der Waals surface area contributed by atoms with E-state index in [0.717, 1.165) is 30.0 Å². The molecule has 0 bridgehead atoms. The molecule has 3 nitrogen and oxygen atoms in total. The van der Waals surface area contributed by atoms with E-state index in [1.807, 2.05) is 19.1 Å². The number of pyridine rings is 1. The molecule has 0 aromatic carbocycles. The molecule has 1 heterocycles. The zero-order valence-electron chi connectivity index (χ0n) is 10.6. The van der Waals surface area contributed by atoms with Gasteiger partial charge in [-0.15, -0.1) is 0 Å². The van der Waals surface area contributed by atoms with Gasteiger partial charge in [0.25, 0.3) is 0 Å². The molecule has 1 aromatic heterocycles. The van der Waals surface area contributed by atoms with E-state index in [4.69, 9.17) is 9.84 Å². The Kier molecular flexibility index (Phi) is 4.00. The van der Waals surface area contributed by atoms with Crippen LogP contribution in [-0.2, 0) is 6.61 Å².